The van der Waals surface area contributed by atoms with Gasteiger partial charge in [-0.25, -0.2) is 4.79 Å². The summed E-state index contributed by atoms with van der Waals surface area (Å²) >= 11 is 0. The molecule has 0 spiro atoms. The van der Waals surface area contributed by atoms with E-state index >= 15 is 0 Å². The van der Waals surface area contributed by atoms with Crippen LogP contribution in [0.1, 0.15) is 75.7 Å². The minimum atomic E-state index is -1.04. The third-order valence-corrected chi connectivity index (χ3v) is 5.44. The second-order valence-corrected chi connectivity index (χ2v) is 6.74. The van der Waals surface area contributed by atoms with Crippen molar-refractivity contribution in [1.82, 2.24) is 4.90 Å². The van der Waals surface area contributed by atoms with Crippen molar-refractivity contribution in [2.24, 2.45) is 0 Å². The Hall–Kier alpha value is -2.62. The van der Waals surface area contributed by atoms with E-state index in [9.17, 15) is 14.7 Å². The van der Waals surface area contributed by atoms with Gasteiger partial charge in [-0.1, -0.05) is 43.3 Å². The van der Waals surface area contributed by atoms with Crippen LogP contribution < -0.4 is 0 Å². The molecule has 3 atom stereocenters. The number of aromatic carboxylic acids is 1. The van der Waals surface area contributed by atoms with E-state index in [1.807, 2.05) is 30.0 Å². The summed E-state index contributed by atoms with van der Waals surface area (Å²) in [6.07, 6.45) is 0.809. The molecule has 1 N–H and O–H groups in total. The van der Waals surface area contributed by atoms with E-state index < -0.39 is 5.97 Å². The molecule has 2 aromatic carbocycles. The van der Waals surface area contributed by atoms with Crippen molar-refractivity contribution in [2.45, 2.75) is 38.3 Å². The molecule has 0 aromatic heterocycles. The molecule has 0 aliphatic carbocycles. The molecule has 0 unspecified atom stereocenters. The number of hydrogen-bond acceptors (Lipinski definition) is 2. The van der Waals surface area contributed by atoms with Gasteiger partial charge in [0.25, 0.3) is 5.91 Å². The van der Waals surface area contributed by atoms with Crippen LogP contribution in [-0.2, 0) is 0 Å². The summed E-state index contributed by atoms with van der Waals surface area (Å²) in [5.74, 6) is -0.894. The molecule has 0 bridgehead atoms. The number of fused-ring (bicyclic) bond motifs is 4. The minimum absolute atomic E-state index is 0.0656. The van der Waals surface area contributed by atoms with Crippen LogP contribution in [0.15, 0.2) is 42.5 Å². The zero-order chi connectivity index (χ0) is 17.0. The number of benzene rings is 2. The van der Waals surface area contributed by atoms with Gasteiger partial charge in [0.05, 0.1) is 23.2 Å². The van der Waals surface area contributed by atoms with Crippen LogP contribution in [0.25, 0.3) is 0 Å². The van der Waals surface area contributed by atoms with E-state index in [1.54, 1.807) is 6.07 Å². The van der Waals surface area contributed by atoms with Gasteiger partial charge in [0, 0.05) is 0 Å². The van der Waals surface area contributed by atoms with Gasteiger partial charge in [-0.2, -0.15) is 0 Å². The first kappa shape index (κ1) is 14.9. The number of amides is 1. The van der Waals surface area contributed by atoms with Crippen molar-refractivity contribution in [2.75, 3.05) is 0 Å². The molecule has 0 fully saturated rings. The lowest BCUT2D eigenvalue weighted by Crippen LogP contribution is -2.30. The first-order valence-corrected chi connectivity index (χ1v) is 8.28. The van der Waals surface area contributed by atoms with E-state index in [0.29, 0.717) is 11.5 Å². The third-order valence-electron chi connectivity index (χ3n) is 5.44. The van der Waals surface area contributed by atoms with Crippen molar-refractivity contribution in [1.29, 1.82) is 0 Å². The number of hydrogen-bond donors (Lipinski definition) is 1. The van der Waals surface area contributed by atoms with Gasteiger partial charge in [0.1, 0.15) is 0 Å². The van der Waals surface area contributed by atoms with Crippen molar-refractivity contribution in [3.63, 3.8) is 0 Å². The first-order valence-electron chi connectivity index (χ1n) is 8.28. The van der Waals surface area contributed by atoms with Gasteiger partial charge in [0.15, 0.2) is 0 Å². The number of carbonyl (C=O) groups excluding carboxylic acids is 1. The molecular weight excluding hydrogens is 302 g/mol. The Bertz CT molecular complexity index is 858. The lowest BCUT2D eigenvalue weighted by Gasteiger charge is -2.29. The zero-order valence-corrected chi connectivity index (χ0v) is 13.7. The van der Waals surface area contributed by atoms with E-state index in [1.165, 1.54) is 11.6 Å². The third kappa shape index (κ3) is 1.92. The maximum absolute atomic E-state index is 13.1. The Balaban J connectivity index is 1.91. The van der Waals surface area contributed by atoms with Crippen LogP contribution >= 0.6 is 0 Å². The van der Waals surface area contributed by atoms with E-state index in [-0.39, 0.29) is 23.6 Å². The summed E-state index contributed by atoms with van der Waals surface area (Å²) < 4.78 is 0. The molecular formula is C20H19NO3. The lowest BCUT2D eigenvalue weighted by molar-refractivity contribution is 0.0623. The number of carbonyl (C=O) groups is 2. The molecule has 122 valence electrons. The average molecular weight is 321 g/mol. The molecule has 4 nitrogen and oxygen atoms in total. The van der Waals surface area contributed by atoms with Crippen LogP contribution in [0.5, 0.6) is 0 Å². The van der Waals surface area contributed by atoms with Crippen molar-refractivity contribution >= 4 is 11.9 Å². The van der Waals surface area contributed by atoms with E-state index in [4.69, 9.17) is 0 Å². The molecule has 0 saturated heterocycles. The van der Waals surface area contributed by atoms with Crippen molar-refractivity contribution < 1.29 is 14.7 Å². The highest BCUT2D eigenvalue weighted by molar-refractivity contribution is 6.08. The topological polar surface area (TPSA) is 57.6 Å². The Morgan fingerprint density at radius 3 is 2.42 bits per heavy atom. The minimum Gasteiger partial charge on any atom is -0.478 e. The molecule has 24 heavy (non-hydrogen) atoms. The summed E-state index contributed by atoms with van der Waals surface area (Å²) in [6, 6.07) is 13.3. The number of carboxylic acid groups (broad SMARTS) is 1. The maximum atomic E-state index is 13.1. The summed E-state index contributed by atoms with van der Waals surface area (Å²) in [7, 11) is 0. The second-order valence-electron chi connectivity index (χ2n) is 6.74. The Morgan fingerprint density at radius 2 is 1.71 bits per heavy atom. The number of carboxylic acids is 1. The van der Waals surface area contributed by atoms with Crippen LogP contribution in [0, 0.1) is 0 Å². The molecule has 2 aliphatic rings. The fourth-order valence-corrected chi connectivity index (χ4v) is 4.32. The van der Waals surface area contributed by atoms with Crippen molar-refractivity contribution in [3.05, 3.63) is 70.3 Å². The first-order chi connectivity index (χ1) is 11.5. The van der Waals surface area contributed by atoms with Crippen LogP contribution in [0.4, 0.5) is 0 Å². The van der Waals surface area contributed by atoms with Gasteiger partial charge in [-0.05, 0) is 42.0 Å². The quantitative estimate of drug-likeness (QED) is 0.858. The largest absolute Gasteiger partial charge is 0.478 e. The van der Waals surface area contributed by atoms with Crippen LogP contribution in [-0.4, -0.2) is 21.9 Å². The van der Waals surface area contributed by atoms with Crippen LogP contribution in [0.3, 0.4) is 0 Å². The maximum Gasteiger partial charge on any atom is 0.336 e. The van der Waals surface area contributed by atoms with E-state index in [0.717, 1.165) is 17.5 Å². The predicted molar refractivity (Wildman–Crippen MR) is 90.2 cm³/mol. The Labute approximate surface area is 140 Å². The highest BCUT2D eigenvalue weighted by atomic mass is 16.4. The summed E-state index contributed by atoms with van der Waals surface area (Å²) in [5, 5.41) is 9.46. The zero-order valence-electron chi connectivity index (χ0n) is 13.7. The van der Waals surface area contributed by atoms with Crippen molar-refractivity contribution in [3.8, 4) is 0 Å². The Morgan fingerprint density at radius 1 is 1.04 bits per heavy atom. The smallest absolute Gasteiger partial charge is 0.336 e. The van der Waals surface area contributed by atoms with E-state index in [2.05, 4.69) is 19.1 Å². The molecule has 2 aliphatic heterocycles. The number of rotatable bonds is 1. The predicted octanol–water partition coefficient (Wildman–Crippen LogP) is 4.15. The van der Waals surface area contributed by atoms with Gasteiger partial charge >= 0.3 is 5.97 Å². The molecule has 0 saturated carbocycles. The molecule has 1 amide bonds. The average Bonchev–Trinajstić information content (AvgIpc) is 2.80. The monoisotopic (exact) mass is 321 g/mol. The van der Waals surface area contributed by atoms with Crippen LogP contribution in [0.2, 0.25) is 0 Å². The molecule has 0 radical (unpaired) electrons. The normalized spacial score (nSPS) is 24.8. The fourth-order valence-electron chi connectivity index (χ4n) is 4.32. The molecule has 4 rings (SSSR count). The summed E-state index contributed by atoms with van der Waals surface area (Å²) in [4.78, 5) is 26.5. The molecule has 2 heterocycles. The highest BCUT2D eigenvalue weighted by Gasteiger charge is 2.44. The molecule has 2 aromatic rings. The SMILES string of the molecule is C[C@@H]1C[C@@H]2c3cccc(C(=O)O)c3C(=O)N2[C@H](C)c2ccccc21. The van der Waals surface area contributed by atoms with Gasteiger partial charge in [-0.3, -0.25) is 4.79 Å². The summed E-state index contributed by atoms with van der Waals surface area (Å²) in [5.41, 5.74) is 3.77. The van der Waals surface area contributed by atoms with Gasteiger partial charge in [-0.15, -0.1) is 0 Å². The lowest BCUT2D eigenvalue weighted by atomic mass is 9.88. The number of nitrogens with zero attached hydrogens (tertiary/aromatic N) is 1. The Kier molecular flexibility index (Phi) is 3.23. The second kappa shape index (κ2) is 5.20. The van der Waals surface area contributed by atoms with Gasteiger partial charge < -0.3 is 10.0 Å². The van der Waals surface area contributed by atoms with Gasteiger partial charge in [0.2, 0.25) is 0 Å². The summed E-state index contributed by atoms with van der Waals surface area (Å²) in [6.45, 7) is 4.21. The standard InChI is InChI=1S/C20H19NO3/c1-11-10-17-15-8-5-9-16(20(23)24)18(15)19(22)21(17)12(2)14-7-4-3-6-13(11)14/h3-9,11-12,17H,10H2,1-2H3,(H,23,24)/t11-,12-,17-/m1/s1. The molecule has 4 heteroatoms. The highest BCUT2D eigenvalue weighted by Crippen LogP contribution is 2.49. The fraction of sp³-hybridized carbons (Fsp3) is 0.300.